The van der Waals surface area contributed by atoms with Crippen molar-refractivity contribution in [3.63, 3.8) is 0 Å². The van der Waals surface area contributed by atoms with Gasteiger partial charge >= 0.3 is 0 Å². The average molecular weight is 369 g/mol. The molecule has 3 aromatic heterocycles. The minimum Gasteiger partial charge on any atom is -0.352 e. The lowest BCUT2D eigenvalue weighted by molar-refractivity contribution is -0.120. The fraction of sp³-hybridized carbons (Fsp3) is 0.368. The molecule has 0 aliphatic rings. The molecule has 0 saturated heterocycles. The monoisotopic (exact) mass is 369 g/mol. The number of nitrogens with one attached hydrogen (secondary N) is 1. The van der Waals surface area contributed by atoms with E-state index in [1.165, 1.54) is 4.88 Å². The lowest BCUT2D eigenvalue weighted by Gasteiger charge is -2.20. The van der Waals surface area contributed by atoms with Gasteiger partial charge in [-0.2, -0.15) is 0 Å². The summed E-state index contributed by atoms with van der Waals surface area (Å²) in [5.74, 6) is 1.37. The number of carbonyl (C=O) groups excluding carboxylic acids is 1. The van der Waals surface area contributed by atoms with Gasteiger partial charge in [0.25, 0.3) is 0 Å². The predicted molar refractivity (Wildman–Crippen MR) is 107 cm³/mol. The second-order valence-electron chi connectivity index (χ2n) is 6.65. The van der Waals surface area contributed by atoms with Gasteiger partial charge in [0, 0.05) is 35.9 Å². The van der Waals surface area contributed by atoms with Crippen LogP contribution >= 0.6 is 11.3 Å². The zero-order valence-electron chi connectivity index (χ0n) is 15.7. The fourth-order valence-corrected chi connectivity index (χ4v) is 3.81. The highest BCUT2D eigenvalue weighted by Gasteiger charge is 2.19. The van der Waals surface area contributed by atoms with Gasteiger partial charge in [-0.25, -0.2) is 9.97 Å². The number of aromatic nitrogens is 3. The Morgan fingerprint density at radius 1 is 1.31 bits per heavy atom. The Kier molecular flexibility index (Phi) is 5.18. The largest absolute Gasteiger partial charge is 0.352 e. The minimum absolute atomic E-state index is 0.0261. The summed E-state index contributed by atoms with van der Waals surface area (Å²) < 4.78 is 0. The van der Waals surface area contributed by atoms with Crippen LogP contribution in [0.15, 0.2) is 24.5 Å². The number of likely N-dealkylation sites (N-methyl/N-ethyl adjacent to an activating group) is 1. The molecule has 1 amide bonds. The van der Waals surface area contributed by atoms with Crippen LogP contribution in [0, 0.1) is 13.8 Å². The lowest BCUT2D eigenvalue weighted by atomic mass is 10.2. The molecule has 3 rings (SSSR count). The van der Waals surface area contributed by atoms with Gasteiger partial charge in [0.05, 0.1) is 11.9 Å². The number of hydrogen-bond acceptors (Lipinski definition) is 6. The summed E-state index contributed by atoms with van der Waals surface area (Å²) in [5.41, 5.74) is 2.02. The molecule has 6 nitrogen and oxygen atoms in total. The van der Waals surface area contributed by atoms with E-state index in [2.05, 4.69) is 24.1 Å². The number of aryl methyl sites for hydroxylation is 2. The van der Waals surface area contributed by atoms with Crippen LogP contribution in [0.2, 0.25) is 0 Å². The zero-order chi connectivity index (χ0) is 18.8. The molecule has 0 radical (unpaired) electrons. The quantitative estimate of drug-likeness (QED) is 0.747. The van der Waals surface area contributed by atoms with E-state index < -0.39 is 0 Å². The summed E-state index contributed by atoms with van der Waals surface area (Å²) >= 11 is 1.65. The average Bonchev–Trinajstić information content (AvgIpc) is 2.88. The van der Waals surface area contributed by atoms with Crippen molar-refractivity contribution in [2.45, 2.75) is 33.7 Å². The summed E-state index contributed by atoms with van der Waals surface area (Å²) in [6.07, 6.45) is 3.48. The molecule has 0 aliphatic carbocycles. The highest BCUT2D eigenvalue weighted by molar-refractivity contribution is 7.18. The van der Waals surface area contributed by atoms with Crippen molar-refractivity contribution in [1.29, 1.82) is 0 Å². The van der Waals surface area contributed by atoms with Crippen LogP contribution in [-0.2, 0) is 4.79 Å². The maximum atomic E-state index is 12.2. The molecule has 0 aliphatic heterocycles. The van der Waals surface area contributed by atoms with Crippen molar-refractivity contribution in [2.24, 2.45) is 0 Å². The molecule has 0 fully saturated rings. The van der Waals surface area contributed by atoms with Gasteiger partial charge in [-0.3, -0.25) is 9.78 Å². The number of anilines is 1. The molecule has 1 N–H and O–H groups in total. The van der Waals surface area contributed by atoms with Gasteiger partial charge in [-0.1, -0.05) is 0 Å². The molecule has 0 aromatic carbocycles. The molecule has 0 atom stereocenters. The SMILES string of the molecule is Cc1sc2nc(-c3cccnc3)nc(N(C)CC(=O)NC(C)C)c2c1C. The van der Waals surface area contributed by atoms with E-state index in [9.17, 15) is 4.79 Å². The molecule has 26 heavy (non-hydrogen) atoms. The maximum Gasteiger partial charge on any atom is 0.239 e. The van der Waals surface area contributed by atoms with Crippen molar-refractivity contribution in [3.05, 3.63) is 35.0 Å². The third kappa shape index (κ3) is 3.67. The van der Waals surface area contributed by atoms with E-state index in [0.29, 0.717) is 5.82 Å². The second-order valence-corrected chi connectivity index (χ2v) is 7.86. The van der Waals surface area contributed by atoms with Crippen molar-refractivity contribution < 1.29 is 4.79 Å². The van der Waals surface area contributed by atoms with Gasteiger partial charge in [-0.05, 0) is 45.4 Å². The Hall–Kier alpha value is -2.54. The van der Waals surface area contributed by atoms with Crippen LogP contribution in [0.25, 0.3) is 21.6 Å². The molecule has 3 heterocycles. The van der Waals surface area contributed by atoms with E-state index >= 15 is 0 Å². The van der Waals surface area contributed by atoms with Crippen LogP contribution in [-0.4, -0.2) is 40.5 Å². The van der Waals surface area contributed by atoms with E-state index in [4.69, 9.17) is 9.97 Å². The van der Waals surface area contributed by atoms with Crippen molar-refractivity contribution in [3.8, 4) is 11.4 Å². The number of nitrogens with zero attached hydrogens (tertiary/aromatic N) is 4. The first-order valence-electron chi connectivity index (χ1n) is 8.55. The number of thiophene rings is 1. The minimum atomic E-state index is -0.0261. The number of amides is 1. The van der Waals surface area contributed by atoms with E-state index in [1.54, 1.807) is 23.7 Å². The smallest absolute Gasteiger partial charge is 0.239 e. The fourth-order valence-electron chi connectivity index (χ4n) is 2.79. The van der Waals surface area contributed by atoms with E-state index in [-0.39, 0.29) is 18.5 Å². The third-order valence-electron chi connectivity index (χ3n) is 4.12. The normalized spacial score (nSPS) is 11.2. The molecule has 0 bridgehead atoms. The topological polar surface area (TPSA) is 71.0 Å². The lowest BCUT2D eigenvalue weighted by Crippen LogP contribution is -2.39. The molecule has 136 valence electrons. The third-order valence-corrected chi connectivity index (χ3v) is 5.22. The number of carbonyl (C=O) groups is 1. The molecular formula is C19H23N5OS. The van der Waals surface area contributed by atoms with Gasteiger partial charge in [-0.15, -0.1) is 11.3 Å². The van der Waals surface area contributed by atoms with Gasteiger partial charge in [0.2, 0.25) is 5.91 Å². The first-order valence-corrected chi connectivity index (χ1v) is 9.37. The van der Waals surface area contributed by atoms with Gasteiger partial charge in [0.15, 0.2) is 5.82 Å². The van der Waals surface area contributed by atoms with E-state index in [1.807, 2.05) is 37.9 Å². The number of hydrogen-bond donors (Lipinski definition) is 1. The second kappa shape index (κ2) is 7.37. The molecule has 7 heteroatoms. The Balaban J connectivity index is 2.08. The summed E-state index contributed by atoms with van der Waals surface area (Å²) in [6.45, 7) is 8.31. The van der Waals surface area contributed by atoms with Crippen LogP contribution < -0.4 is 10.2 Å². The Morgan fingerprint density at radius 2 is 2.08 bits per heavy atom. The molecule has 0 saturated carbocycles. The van der Waals surface area contributed by atoms with E-state index in [0.717, 1.165) is 27.2 Å². The van der Waals surface area contributed by atoms with Crippen LogP contribution in [0.5, 0.6) is 0 Å². The highest BCUT2D eigenvalue weighted by atomic mass is 32.1. The van der Waals surface area contributed by atoms with Crippen molar-refractivity contribution in [2.75, 3.05) is 18.5 Å². The summed E-state index contributed by atoms with van der Waals surface area (Å²) in [6, 6.07) is 3.92. The van der Waals surface area contributed by atoms with Gasteiger partial charge in [0.1, 0.15) is 10.6 Å². The molecule has 3 aromatic rings. The highest BCUT2D eigenvalue weighted by Crippen LogP contribution is 2.36. The van der Waals surface area contributed by atoms with Crippen LogP contribution in [0.4, 0.5) is 5.82 Å². The van der Waals surface area contributed by atoms with Crippen LogP contribution in [0.3, 0.4) is 0 Å². The summed E-state index contributed by atoms with van der Waals surface area (Å²) in [5, 5.41) is 3.94. The first kappa shape index (κ1) is 18.3. The molecule has 0 unspecified atom stereocenters. The maximum absolute atomic E-state index is 12.2. The Bertz CT molecular complexity index is 936. The first-order chi connectivity index (χ1) is 12.4. The zero-order valence-corrected chi connectivity index (χ0v) is 16.5. The number of fused-ring (bicyclic) bond motifs is 1. The standard InChI is InChI=1S/C19H23N5OS/c1-11(2)21-15(25)10-24(5)18-16-12(3)13(4)26-19(16)23-17(22-18)14-7-6-8-20-9-14/h6-9,11H,10H2,1-5H3,(H,21,25). The number of rotatable bonds is 5. The van der Waals surface area contributed by atoms with Crippen LogP contribution in [0.1, 0.15) is 24.3 Å². The molecular weight excluding hydrogens is 346 g/mol. The molecule has 0 spiro atoms. The number of pyridine rings is 1. The van der Waals surface area contributed by atoms with Gasteiger partial charge < -0.3 is 10.2 Å². The Labute approximate surface area is 157 Å². The van der Waals surface area contributed by atoms with Crippen molar-refractivity contribution >= 4 is 33.3 Å². The summed E-state index contributed by atoms with van der Waals surface area (Å²) in [4.78, 5) is 29.9. The van der Waals surface area contributed by atoms with Crippen molar-refractivity contribution in [1.82, 2.24) is 20.3 Å². The summed E-state index contributed by atoms with van der Waals surface area (Å²) in [7, 11) is 1.89. The predicted octanol–water partition coefficient (Wildman–Crippen LogP) is 3.33. The Morgan fingerprint density at radius 3 is 2.73 bits per heavy atom.